The minimum absolute atomic E-state index is 0.215. The first-order valence-corrected chi connectivity index (χ1v) is 7.27. The van der Waals surface area contributed by atoms with Crippen LogP contribution >= 0.6 is 0 Å². The van der Waals surface area contributed by atoms with Crippen molar-refractivity contribution in [1.82, 2.24) is 0 Å². The van der Waals surface area contributed by atoms with Gasteiger partial charge in [0.1, 0.15) is 0 Å². The highest BCUT2D eigenvalue weighted by Gasteiger charge is 2.52. The summed E-state index contributed by atoms with van der Waals surface area (Å²) in [5.41, 5.74) is 5.80. The van der Waals surface area contributed by atoms with Crippen molar-refractivity contribution in [3.63, 3.8) is 0 Å². The molecule has 0 radical (unpaired) electrons. The van der Waals surface area contributed by atoms with E-state index in [2.05, 4.69) is 71.2 Å². The van der Waals surface area contributed by atoms with Crippen LogP contribution in [0.15, 0.2) is 24.8 Å². The van der Waals surface area contributed by atoms with Gasteiger partial charge in [-0.25, -0.2) is 0 Å². The van der Waals surface area contributed by atoms with E-state index in [1.165, 1.54) is 16.8 Å². The zero-order chi connectivity index (χ0) is 14.4. The van der Waals surface area contributed by atoms with Gasteiger partial charge in [-0.05, 0) is 50.5 Å². The van der Waals surface area contributed by atoms with Gasteiger partial charge in [0.15, 0.2) is 0 Å². The number of hydrogen-bond acceptors (Lipinski definition) is 1. The van der Waals surface area contributed by atoms with Crippen LogP contribution in [0.1, 0.15) is 52.7 Å². The third kappa shape index (κ3) is 2.09. The summed E-state index contributed by atoms with van der Waals surface area (Å²) in [6, 6.07) is 6.85. The van der Waals surface area contributed by atoms with Crippen molar-refractivity contribution < 1.29 is 0 Å². The van der Waals surface area contributed by atoms with E-state index in [0.29, 0.717) is 5.41 Å². The van der Waals surface area contributed by atoms with Crippen molar-refractivity contribution in [3.05, 3.63) is 35.9 Å². The molecule has 0 N–H and O–H groups in total. The lowest BCUT2D eigenvalue weighted by Crippen LogP contribution is -2.69. The topological polar surface area (TPSA) is 3.24 Å². The van der Waals surface area contributed by atoms with E-state index in [9.17, 15) is 0 Å². The lowest BCUT2D eigenvalue weighted by atomic mass is 9.65. The molecule has 1 nitrogen and oxygen atoms in total. The zero-order valence-corrected chi connectivity index (χ0v) is 13.3. The first kappa shape index (κ1) is 14.2. The lowest BCUT2D eigenvalue weighted by Gasteiger charge is -2.62. The predicted molar refractivity (Wildman–Crippen MR) is 85.7 cm³/mol. The third-order valence-corrected chi connectivity index (χ3v) is 5.13. The molecule has 1 heterocycles. The first-order chi connectivity index (χ1) is 8.70. The van der Waals surface area contributed by atoms with Gasteiger partial charge >= 0.3 is 0 Å². The second-order valence-electron chi connectivity index (χ2n) is 7.00. The van der Waals surface area contributed by atoms with Gasteiger partial charge in [0.2, 0.25) is 0 Å². The van der Waals surface area contributed by atoms with Gasteiger partial charge < -0.3 is 4.90 Å². The molecule has 1 aromatic rings. The van der Waals surface area contributed by atoms with Crippen LogP contribution in [0.5, 0.6) is 0 Å². The van der Waals surface area contributed by atoms with Gasteiger partial charge in [0.05, 0.1) is 0 Å². The molecule has 0 saturated carbocycles. The number of nitrogens with zero attached hydrogens (tertiary/aromatic N) is 1. The Labute approximate surface area is 118 Å². The predicted octanol–water partition coefficient (Wildman–Crippen LogP) is 4.91. The van der Waals surface area contributed by atoms with E-state index in [0.717, 1.165) is 18.5 Å². The van der Waals surface area contributed by atoms with Crippen LogP contribution in [0.2, 0.25) is 0 Å². The summed E-state index contributed by atoms with van der Waals surface area (Å²) in [6.07, 6.45) is 1.07. The van der Waals surface area contributed by atoms with Gasteiger partial charge in [-0.2, -0.15) is 0 Å². The van der Waals surface area contributed by atoms with Crippen LogP contribution < -0.4 is 4.90 Å². The summed E-state index contributed by atoms with van der Waals surface area (Å²) in [4.78, 5) is 2.51. The highest BCUT2D eigenvalue weighted by atomic mass is 15.3. The molecule has 0 unspecified atom stereocenters. The van der Waals surface area contributed by atoms with Gasteiger partial charge in [-0.1, -0.05) is 39.0 Å². The Morgan fingerprint density at radius 1 is 1.26 bits per heavy atom. The Bertz CT molecular complexity index is 508. The number of hydrogen-bond donors (Lipinski definition) is 0. The first-order valence-electron chi connectivity index (χ1n) is 7.27. The van der Waals surface area contributed by atoms with E-state index in [1.807, 2.05) is 0 Å². The van der Waals surface area contributed by atoms with E-state index in [-0.39, 0.29) is 5.54 Å². The zero-order valence-electron chi connectivity index (χ0n) is 13.3. The van der Waals surface area contributed by atoms with Crippen molar-refractivity contribution >= 4 is 11.3 Å². The number of benzene rings is 1. The van der Waals surface area contributed by atoms with E-state index in [4.69, 9.17) is 0 Å². The Balaban J connectivity index is 2.39. The standard InChI is InChI=1S/C18H27N/c1-8-14-9-10-15(11-16(14)13(2)3)19-12-17(4,5)18(19,6)7/h9-11H,2,8,12H2,1,3-7H3. The second kappa shape index (κ2) is 4.40. The molecule has 0 atom stereocenters. The molecule has 104 valence electrons. The summed E-state index contributed by atoms with van der Waals surface area (Å²) < 4.78 is 0. The molecule has 0 bridgehead atoms. The number of anilines is 1. The van der Waals surface area contributed by atoms with Gasteiger partial charge in [-0.3, -0.25) is 0 Å². The Hall–Kier alpha value is -1.24. The average Bonchev–Trinajstić information content (AvgIpc) is 2.35. The van der Waals surface area contributed by atoms with Gasteiger partial charge in [0.25, 0.3) is 0 Å². The van der Waals surface area contributed by atoms with Crippen molar-refractivity contribution in [1.29, 1.82) is 0 Å². The number of aryl methyl sites for hydroxylation is 1. The highest BCUT2D eigenvalue weighted by molar-refractivity contribution is 5.70. The maximum atomic E-state index is 4.12. The molecule has 0 spiro atoms. The second-order valence-corrected chi connectivity index (χ2v) is 7.00. The molecular formula is C18H27N. The number of rotatable bonds is 3. The quantitative estimate of drug-likeness (QED) is 0.744. The van der Waals surface area contributed by atoms with Crippen molar-refractivity contribution in [2.24, 2.45) is 5.41 Å². The normalized spacial score (nSPS) is 20.0. The fourth-order valence-corrected chi connectivity index (χ4v) is 2.91. The fourth-order valence-electron chi connectivity index (χ4n) is 2.91. The Kier molecular flexibility index (Phi) is 3.28. The van der Waals surface area contributed by atoms with Crippen molar-refractivity contribution in [2.45, 2.75) is 53.5 Å². The van der Waals surface area contributed by atoms with Crippen molar-refractivity contribution in [2.75, 3.05) is 11.4 Å². The molecule has 1 aliphatic heterocycles. The molecule has 0 amide bonds. The van der Waals surface area contributed by atoms with Crippen LogP contribution in [-0.4, -0.2) is 12.1 Å². The maximum absolute atomic E-state index is 4.12. The maximum Gasteiger partial charge on any atom is 0.0414 e. The SMILES string of the molecule is C=C(C)c1cc(N2CC(C)(C)C2(C)C)ccc1CC. The molecule has 1 aliphatic rings. The Morgan fingerprint density at radius 2 is 1.89 bits per heavy atom. The van der Waals surface area contributed by atoms with Crippen LogP contribution in [0.25, 0.3) is 5.57 Å². The Morgan fingerprint density at radius 3 is 2.32 bits per heavy atom. The van der Waals surface area contributed by atoms with Gasteiger partial charge in [-0.15, -0.1) is 0 Å². The van der Waals surface area contributed by atoms with E-state index in [1.54, 1.807) is 0 Å². The van der Waals surface area contributed by atoms with Crippen LogP contribution in [0, 0.1) is 5.41 Å². The molecule has 2 rings (SSSR count). The third-order valence-electron chi connectivity index (χ3n) is 5.13. The van der Waals surface area contributed by atoms with Crippen LogP contribution in [-0.2, 0) is 6.42 Å². The minimum atomic E-state index is 0.215. The monoisotopic (exact) mass is 257 g/mol. The summed E-state index contributed by atoms with van der Waals surface area (Å²) in [6.45, 7) is 18.9. The van der Waals surface area contributed by atoms with Crippen LogP contribution in [0.4, 0.5) is 5.69 Å². The molecule has 0 aliphatic carbocycles. The fraction of sp³-hybridized carbons (Fsp3) is 0.556. The van der Waals surface area contributed by atoms with E-state index < -0.39 is 0 Å². The molecule has 1 saturated heterocycles. The van der Waals surface area contributed by atoms with Gasteiger partial charge in [0, 0.05) is 23.2 Å². The summed E-state index contributed by atoms with van der Waals surface area (Å²) in [7, 11) is 0. The lowest BCUT2D eigenvalue weighted by molar-refractivity contribution is 0.0980. The molecule has 1 heteroatoms. The molecule has 1 fully saturated rings. The average molecular weight is 257 g/mol. The van der Waals surface area contributed by atoms with Crippen LogP contribution in [0.3, 0.4) is 0 Å². The smallest absolute Gasteiger partial charge is 0.0414 e. The number of allylic oxidation sites excluding steroid dienone is 1. The molecular weight excluding hydrogens is 230 g/mol. The van der Waals surface area contributed by atoms with E-state index >= 15 is 0 Å². The molecule has 19 heavy (non-hydrogen) atoms. The van der Waals surface area contributed by atoms with Crippen molar-refractivity contribution in [3.8, 4) is 0 Å². The molecule has 0 aromatic heterocycles. The highest BCUT2D eigenvalue weighted by Crippen LogP contribution is 2.49. The molecule has 1 aromatic carbocycles. The minimum Gasteiger partial charge on any atom is -0.365 e. The largest absolute Gasteiger partial charge is 0.365 e. The summed E-state index contributed by atoms with van der Waals surface area (Å²) >= 11 is 0. The summed E-state index contributed by atoms with van der Waals surface area (Å²) in [5, 5.41) is 0. The summed E-state index contributed by atoms with van der Waals surface area (Å²) in [5.74, 6) is 0.